The van der Waals surface area contributed by atoms with E-state index in [1.165, 1.54) is 0 Å². The third-order valence-electron chi connectivity index (χ3n) is 3.45. The summed E-state index contributed by atoms with van der Waals surface area (Å²) in [6.45, 7) is 7.09. The lowest BCUT2D eigenvalue weighted by molar-refractivity contribution is -0.138. The van der Waals surface area contributed by atoms with Crippen molar-refractivity contribution in [2.45, 2.75) is 19.3 Å². The second-order valence-electron chi connectivity index (χ2n) is 5.15. The van der Waals surface area contributed by atoms with Gasteiger partial charge in [0.15, 0.2) is 0 Å². The zero-order valence-electron chi connectivity index (χ0n) is 12.3. The number of aliphatic carboxylic acids is 1. The van der Waals surface area contributed by atoms with Crippen LogP contribution in [0.15, 0.2) is 12.7 Å². The molecule has 114 valence electrons. The SMILES string of the molecule is C=CCCCN(C)C(=O)N1CCCN(CC(=O)O)CC1. The number of hydrogen-bond acceptors (Lipinski definition) is 3. The van der Waals surface area contributed by atoms with E-state index in [2.05, 4.69) is 6.58 Å². The highest BCUT2D eigenvalue weighted by Gasteiger charge is 2.22. The fourth-order valence-corrected chi connectivity index (χ4v) is 2.32. The highest BCUT2D eigenvalue weighted by atomic mass is 16.4. The molecular weight excluding hydrogens is 258 g/mol. The van der Waals surface area contributed by atoms with Crippen molar-refractivity contribution in [2.24, 2.45) is 0 Å². The Kier molecular flexibility index (Phi) is 7.08. The van der Waals surface area contributed by atoms with Crippen LogP contribution < -0.4 is 0 Å². The van der Waals surface area contributed by atoms with E-state index in [-0.39, 0.29) is 12.6 Å². The van der Waals surface area contributed by atoms with Crippen LogP contribution in [0.25, 0.3) is 0 Å². The van der Waals surface area contributed by atoms with Crippen molar-refractivity contribution in [3.8, 4) is 0 Å². The standard InChI is InChI=1S/C14H25N3O3/c1-3-4-5-7-15(2)14(20)17-9-6-8-16(10-11-17)12-13(18)19/h3H,1,4-12H2,2H3,(H,18,19). The lowest BCUT2D eigenvalue weighted by atomic mass is 10.3. The molecule has 1 N–H and O–H groups in total. The van der Waals surface area contributed by atoms with E-state index in [1.54, 1.807) is 4.90 Å². The van der Waals surface area contributed by atoms with Crippen LogP contribution in [0.3, 0.4) is 0 Å². The minimum atomic E-state index is -0.814. The molecule has 6 nitrogen and oxygen atoms in total. The Balaban J connectivity index is 2.41. The normalized spacial score (nSPS) is 16.6. The van der Waals surface area contributed by atoms with Gasteiger partial charge in [-0.2, -0.15) is 0 Å². The van der Waals surface area contributed by atoms with Gasteiger partial charge < -0.3 is 14.9 Å². The molecule has 0 spiro atoms. The molecule has 0 aromatic carbocycles. The molecule has 1 saturated heterocycles. The molecule has 0 bridgehead atoms. The molecule has 6 heteroatoms. The van der Waals surface area contributed by atoms with Crippen LogP contribution >= 0.6 is 0 Å². The maximum Gasteiger partial charge on any atom is 0.319 e. The van der Waals surface area contributed by atoms with Crippen molar-refractivity contribution in [1.82, 2.24) is 14.7 Å². The number of hydrogen-bond donors (Lipinski definition) is 1. The van der Waals surface area contributed by atoms with Crippen molar-refractivity contribution in [2.75, 3.05) is 46.3 Å². The minimum absolute atomic E-state index is 0.0336. The molecular formula is C14H25N3O3. The number of carboxylic acids is 1. The molecule has 1 aliphatic rings. The van der Waals surface area contributed by atoms with Gasteiger partial charge in [0.1, 0.15) is 0 Å². The van der Waals surface area contributed by atoms with Crippen LogP contribution in [0.4, 0.5) is 4.79 Å². The number of unbranched alkanes of at least 4 members (excludes halogenated alkanes) is 1. The first kappa shape index (κ1) is 16.5. The summed E-state index contributed by atoms with van der Waals surface area (Å²) in [4.78, 5) is 28.4. The average Bonchev–Trinajstić information content (AvgIpc) is 2.63. The average molecular weight is 283 g/mol. The van der Waals surface area contributed by atoms with E-state index < -0.39 is 5.97 Å². The van der Waals surface area contributed by atoms with E-state index in [0.717, 1.165) is 32.4 Å². The van der Waals surface area contributed by atoms with Gasteiger partial charge in [-0.1, -0.05) is 6.08 Å². The number of allylic oxidation sites excluding steroid dienone is 1. The van der Waals surface area contributed by atoms with Gasteiger partial charge in [-0.3, -0.25) is 9.69 Å². The lowest BCUT2D eigenvalue weighted by Crippen LogP contribution is -2.43. The summed E-state index contributed by atoms with van der Waals surface area (Å²) in [6, 6.07) is 0.0336. The Labute approximate surface area is 120 Å². The van der Waals surface area contributed by atoms with Crippen LogP contribution in [0.5, 0.6) is 0 Å². The second-order valence-corrected chi connectivity index (χ2v) is 5.15. The van der Waals surface area contributed by atoms with Crippen LogP contribution in [-0.4, -0.2) is 78.1 Å². The maximum absolute atomic E-state index is 12.3. The molecule has 1 fully saturated rings. The number of urea groups is 1. The molecule has 0 aromatic heterocycles. The van der Waals surface area contributed by atoms with E-state index >= 15 is 0 Å². The fraction of sp³-hybridized carbons (Fsp3) is 0.714. The molecule has 0 radical (unpaired) electrons. The Morgan fingerprint density at radius 1 is 1.30 bits per heavy atom. The van der Waals surface area contributed by atoms with Crippen LogP contribution in [0, 0.1) is 0 Å². The minimum Gasteiger partial charge on any atom is -0.480 e. The first-order valence-corrected chi connectivity index (χ1v) is 7.09. The Morgan fingerprint density at radius 2 is 2.05 bits per heavy atom. The Morgan fingerprint density at radius 3 is 2.70 bits per heavy atom. The summed E-state index contributed by atoms with van der Waals surface area (Å²) < 4.78 is 0. The summed E-state index contributed by atoms with van der Waals surface area (Å²) in [7, 11) is 1.81. The smallest absolute Gasteiger partial charge is 0.319 e. The van der Waals surface area contributed by atoms with Gasteiger partial charge in [-0.05, 0) is 19.3 Å². The first-order valence-electron chi connectivity index (χ1n) is 7.09. The molecule has 2 amide bonds. The molecule has 1 rings (SSSR count). The number of amides is 2. The van der Waals surface area contributed by atoms with Crippen LogP contribution in [0.2, 0.25) is 0 Å². The van der Waals surface area contributed by atoms with Gasteiger partial charge in [0.2, 0.25) is 0 Å². The first-order chi connectivity index (χ1) is 9.54. The third kappa shape index (κ3) is 5.61. The molecule has 0 unspecified atom stereocenters. The highest BCUT2D eigenvalue weighted by molar-refractivity contribution is 5.74. The number of carbonyl (C=O) groups is 2. The molecule has 0 atom stereocenters. The van der Waals surface area contributed by atoms with Crippen LogP contribution in [0.1, 0.15) is 19.3 Å². The summed E-state index contributed by atoms with van der Waals surface area (Å²) in [5.74, 6) is -0.814. The van der Waals surface area contributed by atoms with E-state index in [0.29, 0.717) is 19.6 Å². The molecule has 20 heavy (non-hydrogen) atoms. The van der Waals surface area contributed by atoms with Crippen LogP contribution in [-0.2, 0) is 4.79 Å². The van der Waals surface area contributed by atoms with Crippen molar-refractivity contribution in [1.29, 1.82) is 0 Å². The van der Waals surface area contributed by atoms with Gasteiger partial charge in [0, 0.05) is 39.8 Å². The van der Waals surface area contributed by atoms with Gasteiger partial charge in [0.25, 0.3) is 0 Å². The molecule has 1 aliphatic heterocycles. The van der Waals surface area contributed by atoms with Crippen molar-refractivity contribution in [3.05, 3.63) is 12.7 Å². The molecule has 0 aromatic rings. The predicted octanol–water partition coefficient (Wildman–Crippen LogP) is 1.10. The van der Waals surface area contributed by atoms with E-state index in [1.807, 2.05) is 22.9 Å². The quantitative estimate of drug-likeness (QED) is 0.585. The van der Waals surface area contributed by atoms with Crippen molar-refractivity contribution < 1.29 is 14.7 Å². The lowest BCUT2D eigenvalue weighted by Gasteiger charge is -2.27. The number of rotatable bonds is 6. The van der Waals surface area contributed by atoms with Gasteiger partial charge >= 0.3 is 12.0 Å². The maximum atomic E-state index is 12.3. The van der Waals surface area contributed by atoms with E-state index in [4.69, 9.17) is 5.11 Å². The van der Waals surface area contributed by atoms with Crippen molar-refractivity contribution >= 4 is 12.0 Å². The Bertz CT molecular complexity index is 347. The Hall–Kier alpha value is -1.56. The monoisotopic (exact) mass is 283 g/mol. The molecule has 0 aliphatic carbocycles. The summed E-state index contributed by atoms with van der Waals surface area (Å²) in [6.07, 6.45) is 4.50. The van der Waals surface area contributed by atoms with Gasteiger partial charge in [-0.15, -0.1) is 6.58 Å². The van der Waals surface area contributed by atoms with Crippen molar-refractivity contribution in [3.63, 3.8) is 0 Å². The van der Waals surface area contributed by atoms with E-state index in [9.17, 15) is 9.59 Å². The summed E-state index contributed by atoms with van der Waals surface area (Å²) in [5, 5.41) is 8.80. The fourth-order valence-electron chi connectivity index (χ4n) is 2.32. The zero-order chi connectivity index (χ0) is 15.0. The number of carbonyl (C=O) groups excluding carboxylic acids is 1. The largest absolute Gasteiger partial charge is 0.480 e. The molecule has 0 saturated carbocycles. The number of nitrogens with zero attached hydrogens (tertiary/aromatic N) is 3. The molecule has 1 heterocycles. The zero-order valence-corrected chi connectivity index (χ0v) is 12.3. The topological polar surface area (TPSA) is 64.1 Å². The van der Waals surface area contributed by atoms with Gasteiger partial charge in [-0.25, -0.2) is 4.79 Å². The number of carboxylic acid groups (broad SMARTS) is 1. The summed E-state index contributed by atoms with van der Waals surface area (Å²) in [5.41, 5.74) is 0. The highest BCUT2D eigenvalue weighted by Crippen LogP contribution is 2.06. The predicted molar refractivity (Wildman–Crippen MR) is 77.7 cm³/mol. The third-order valence-corrected chi connectivity index (χ3v) is 3.45. The summed E-state index contributed by atoms with van der Waals surface area (Å²) >= 11 is 0. The second kappa shape index (κ2) is 8.58. The van der Waals surface area contributed by atoms with Gasteiger partial charge in [0.05, 0.1) is 6.54 Å².